The normalized spacial score (nSPS) is 13.5. The van der Waals surface area contributed by atoms with Crippen LogP contribution in [-0.2, 0) is 57.6 Å². The molecule has 144 valence electrons. The lowest BCUT2D eigenvalue weighted by Crippen LogP contribution is -2.46. The average Bonchev–Trinajstić information content (AvgIpc) is 2.17. The summed E-state index contributed by atoms with van der Waals surface area (Å²) >= 11 is 0. The van der Waals surface area contributed by atoms with Gasteiger partial charge >= 0.3 is 5.96 Å². The van der Waals surface area contributed by atoms with E-state index in [-0.39, 0.29) is 0 Å². The van der Waals surface area contributed by atoms with Gasteiger partial charge in [-0.1, -0.05) is 10.5 Å². The van der Waals surface area contributed by atoms with Crippen LogP contribution in [0.2, 0.25) is 0 Å². The van der Waals surface area contributed by atoms with Crippen molar-refractivity contribution in [3.63, 3.8) is 0 Å². The first-order valence-electron chi connectivity index (χ1n) is 5.06. The standard InChI is InChI=1S/C5H13N3O12S4/c1-21(9,10)17-7(18-22(2,11)12)5(6)8(19-23(3,13)14)20-24(4,15)16/h6H,1-4H3. The van der Waals surface area contributed by atoms with Gasteiger partial charge in [-0.3, -0.25) is 5.41 Å². The van der Waals surface area contributed by atoms with Crippen LogP contribution in [0.3, 0.4) is 0 Å². The van der Waals surface area contributed by atoms with Crippen molar-refractivity contribution in [1.29, 1.82) is 5.41 Å². The van der Waals surface area contributed by atoms with Crippen molar-refractivity contribution in [2.24, 2.45) is 0 Å². The monoisotopic (exact) mass is 435 g/mol. The zero-order chi connectivity index (χ0) is 19.6. The molecule has 0 aliphatic carbocycles. The van der Waals surface area contributed by atoms with Crippen LogP contribution in [-0.4, -0.2) is 75.1 Å². The Hall–Kier alpha value is -1.09. The molecule has 0 saturated heterocycles. The van der Waals surface area contributed by atoms with Gasteiger partial charge in [-0.15, -0.1) is 17.1 Å². The molecule has 0 spiro atoms. The van der Waals surface area contributed by atoms with Crippen LogP contribution in [0.15, 0.2) is 0 Å². The molecule has 0 bridgehead atoms. The molecule has 24 heavy (non-hydrogen) atoms. The van der Waals surface area contributed by atoms with E-state index in [0.717, 1.165) is 0 Å². The molecule has 0 radical (unpaired) electrons. The molecule has 0 aliphatic heterocycles. The molecule has 0 aliphatic rings. The van der Waals surface area contributed by atoms with E-state index in [9.17, 15) is 33.7 Å². The number of nitrogens with one attached hydrogen (secondary N) is 1. The number of rotatable bonds is 8. The van der Waals surface area contributed by atoms with Crippen molar-refractivity contribution in [2.45, 2.75) is 0 Å². The number of hydrogen-bond donors (Lipinski definition) is 1. The largest absolute Gasteiger partial charge is 0.303 e. The van der Waals surface area contributed by atoms with Gasteiger partial charge in [0.2, 0.25) is 0 Å². The fourth-order valence-electron chi connectivity index (χ4n) is 0.725. The highest BCUT2D eigenvalue weighted by molar-refractivity contribution is 7.87. The van der Waals surface area contributed by atoms with Gasteiger partial charge in [0, 0.05) is 0 Å². The highest BCUT2D eigenvalue weighted by Gasteiger charge is 2.33. The Morgan fingerprint density at radius 1 is 0.583 bits per heavy atom. The molecule has 19 heteroatoms. The minimum absolute atomic E-state index is 0.415. The smallest absolute Gasteiger partial charge is 0.261 e. The Kier molecular flexibility index (Phi) is 7.09. The maximum atomic E-state index is 11.1. The second-order valence-electron chi connectivity index (χ2n) is 3.95. The molecule has 0 saturated carbocycles. The number of guanidine groups is 1. The minimum atomic E-state index is -4.50. The van der Waals surface area contributed by atoms with E-state index in [1.807, 2.05) is 0 Å². The van der Waals surface area contributed by atoms with E-state index in [4.69, 9.17) is 5.41 Å². The first kappa shape index (κ1) is 22.9. The second kappa shape index (κ2) is 7.43. The zero-order valence-electron chi connectivity index (χ0n) is 12.4. The van der Waals surface area contributed by atoms with Crippen molar-refractivity contribution in [1.82, 2.24) is 10.5 Å². The molecule has 15 nitrogen and oxygen atoms in total. The molecule has 0 aromatic heterocycles. The van der Waals surface area contributed by atoms with Crippen molar-refractivity contribution < 1.29 is 50.8 Å². The third kappa shape index (κ3) is 11.4. The quantitative estimate of drug-likeness (QED) is 0.230. The van der Waals surface area contributed by atoms with Crippen molar-refractivity contribution >= 4 is 46.4 Å². The van der Waals surface area contributed by atoms with Crippen LogP contribution in [0.25, 0.3) is 0 Å². The van der Waals surface area contributed by atoms with Gasteiger partial charge < -0.3 is 0 Å². The molecule has 0 fully saturated rings. The Morgan fingerprint density at radius 3 is 0.875 bits per heavy atom. The summed E-state index contributed by atoms with van der Waals surface area (Å²) in [7, 11) is -18.0. The van der Waals surface area contributed by atoms with Crippen LogP contribution in [0.1, 0.15) is 0 Å². The Balaban J connectivity index is 5.86. The van der Waals surface area contributed by atoms with Gasteiger partial charge in [0.1, 0.15) is 0 Å². The molecule has 1 N–H and O–H groups in total. The summed E-state index contributed by atoms with van der Waals surface area (Å²) in [6.45, 7) is 0. The molecule has 0 unspecified atom stereocenters. The molecular formula is C5H13N3O12S4. The lowest BCUT2D eigenvalue weighted by molar-refractivity contribution is -0.252. The molecule has 0 heterocycles. The first-order valence-corrected chi connectivity index (χ1v) is 12.3. The van der Waals surface area contributed by atoms with E-state index in [1.165, 1.54) is 0 Å². The first-order chi connectivity index (χ1) is 10.3. The highest BCUT2D eigenvalue weighted by Crippen LogP contribution is 2.11. The summed E-state index contributed by atoms with van der Waals surface area (Å²) in [5.74, 6) is -1.72. The van der Waals surface area contributed by atoms with Crippen LogP contribution >= 0.6 is 0 Å². The lowest BCUT2D eigenvalue weighted by Gasteiger charge is -2.24. The summed E-state index contributed by atoms with van der Waals surface area (Å²) in [5.41, 5.74) is 0. The van der Waals surface area contributed by atoms with Gasteiger partial charge in [-0.25, -0.2) is 0 Å². The Morgan fingerprint density at radius 2 is 0.750 bits per heavy atom. The van der Waals surface area contributed by atoms with Crippen molar-refractivity contribution in [2.75, 3.05) is 25.0 Å². The van der Waals surface area contributed by atoms with E-state index in [0.29, 0.717) is 25.0 Å². The number of nitrogens with zero attached hydrogens (tertiary/aromatic N) is 2. The Labute approximate surface area is 138 Å². The molecule has 0 rings (SSSR count). The minimum Gasteiger partial charge on any atom is -0.261 e. The predicted octanol–water partition coefficient (Wildman–Crippen LogP) is -2.91. The summed E-state index contributed by atoms with van der Waals surface area (Å²) in [6.07, 6.45) is 1.66. The fourth-order valence-corrected chi connectivity index (χ4v) is 2.19. The van der Waals surface area contributed by atoms with Crippen LogP contribution in [0.4, 0.5) is 0 Å². The van der Waals surface area contributed by atoms with Gasteiger partial charge in [0.15, 0.2) is 0 Å². The van der Waals surface area contributed by atoms with E-state index >= 15 is 0 Å². The van der Waals surface area contributed by atoms with Crippen LogP contribution < -0.4 is 0 Å². The molecule has 0 atom stereocenters. The van der Waals surface area contributed by atoms with Gasteiger partial charge in [0.05, 0.1) is 25.0 Å². The van der Waals surface area contributed by atoms with Gasteiger partial charge in [-0.2, -0.15) is 33.7 Å². The SMILES string of the molecule is CS(=O)(=O)ON(OS(C)(=O)=O)C(=N)N(OS(C)(=O)=O)OS(C)(=O)=O. The number of hydrogen-bond acceptors (Lipinski definition) is 13. The van der Waals surface area contributed by atoms with E-state index in [1.54, 1.807) is 0 Å². The van der Waals surface area contributed by atoms with E-state index < -0.39 is 56.9 Å². The van der Waals surface area contributed by atoms with Gasteiger partial charge in [-0.05, 0) is 0 Å². The molecule has 0 aromatic carbocycles. The third-order valence-corrected chi connectivity index (χ3v) is 2.78. The summed E-state index contributed by atoms with van der Waals surface area (Å²) < 4.78 is 104. The summed E-state index contributed by atoms with van der Waals surface area (Å²) in [5, 5.41) is 6.09. The lowest BCUT2D eigenvalue weighted by atomic mass is 11.1. The zero-order valence-corrected chi connectivity index (χ0v) is 15.7. The van der Waals surface area contributed by atoms with Crippen LogP contribution in [0.5, 0.6) is 0 Å². The fraction of sp³-hybridized carbons (Fsp3) is 0.800. The predicted molar refractivity (Wildman–Crippen MR) is 75.1 cm³/mol. The highest BCUT2D eigenvalue weighted by atomic mass is 32.2. The third-order valence-electron chi connectivity index (χ3n) is 1.16. The maximum Gasteiger partial charge on any atom is 0.303 e. The summed E-state index contributed by atoms with van der Waals surface area (Å²) in [6, 6.07) is 0. The molecule has 0 aromatic rings. The van der Waals surface area contributed by atoms with Crippen molar-refractivity contribution in [3.05, 3.63) is 0 Å². The maximum absolute atomic E-state index is 11.1. The summed E-state index contributed by atoms with van der Waals surface area (Å²) in [4.78, 5) is 0. The second-order valence-corrected chi connectivity index (χ2v) is 10.2. The van der Waals surface area contributed by atoms with E-state index in [2.05, 4.69) is 17.1 Å². The van der Waals surface area contributed by atoms with Crippen molar-refractivity contribution in [3.8, 4) is 0 Å². The van der Waals surface area contributed by atoms with Crippen LogP contribution in [0, 0.1) is 5.41 Å². The average molecular weight is 435 g/mol. The molecular weight excluding hydrogens is 422 g/mol. The topological polar surface area (TPSA) is 204 Å². The Bertz CT molecular complexity index is 742. The molecule has 0 amide bonds. The van der Waals surface area contributed by atoms with Gasteiger partial charge in [0.25, 0.3) is 40.5 Å². The number of hydroxylamine groups is 4.